The van der Waals surface area contributed by atoms with Crippen molar-refractivity contribution < 1.29 is 28.9 Å². The number of carbonyl (C=O) groups excluding carboxylic acids is 1. The van der Waals surface area contributed by atoms with Crippen LogP contribution in [0.25, 0.3) is 0 Å². The minimum absolute atomic E-state index is 0.0144. The number of para-hydroxylation sites is 2. The van der Waals surface area contributed by atoms with Gasteiger partial charge in [0, 0.05) is 57.2 Å². The van der Waals surface area contributed by atoms with Crippen LogP contribution < -0.4 is 10.1 Å². The second kappa shape index (κ2) is 15.5. The number of rotatable bonds is 15. The summed E-state index contributed by atoms with van der Waals surface area (Å²) in [6.45, 7) is 5.95. The van der Waals surface area contributed by atoms with Crippen LogP contribution in [-0.2, 0) is 15.1 Å². The molecule has 0 bridgehead atoms. The number of nitrogens with one attached hydrogen (secondary N) is 1. The number of likely N-dealkylation sites (tertiary alicyclic amines) is 1. The summed E-state index contributed by atoms with van der Waals surface area (Å²) in [6, 6.07) is 13.7. The highest BCUT2D eigenvalue weighted by Crippen LogP contribution is 2.45. The Hall–Kier alpha value is -2.52. The SMILES string of the molecule is CNC[C@@H](CC(=O)N1CCC[C@@H]([C@@](O)(CCCCOC)c2cccc(F)c2Oc2ccccc2)C1)[C@@H](O)C(C)C. The van der Waals surface area contributed by atoms with E-state index in [2.05, 4.69) is 5.32 Å². The maximum Gasteiger partial charge on any atom is 0.223 e. The smallest absolute Gasteiger partial charge is 0.223 e. The lowest BCUT2D eigenvalue weighted by Gasteiger charge is -2.43. The van der Waals surface area contributed by atoms with Crippen molar-refractivity contribution in [1.82, 2.24) is 10.2 Å². The van der Waals surface area contributed by atoms with Crippen LogP contribution in [0.5, 0.6) is 11.5 Å². The molecule has 7 nitrogen and oxygen atoms in total. The van der Waals surface area contributed by atoms with Gasteiger partial charge in [0.1, 0.15) is 5.75 Å². The lowest BCUT2D eigenvalue weighted by atomic mass is 9.73. The zero-order valence-electron chi connectivity index (χ0n) is 24.4. The lowest BCUT2D eigenvalue weighted by Crippen LogP contribution is -2.49. The van der Waals surface area contributed by atoms with E-state index in [-0.39, 0.29) is 35.8 Å². The van der Waals surface area contributed by atoms with Gasteiger partial charge < -0.3 is 29.9 Å². The monoisotopic (exact) mass is 558 g/mol. The number of nitrogens with zero attached hydrogens (tertiary/aromatic N) is 1. The first kappa shape index (κ1) is 32.0. The van der Waals surface area contributed by atoms with E-state index in [0.717, 1.165) is 12.8 Å². The van der Waals surface area contributed by atoms with Gasteiger partial charge in [0.15, 0.2) is 11.6 Å². The average Bonchev–Trinajstić information content (AvgIpc) is 2.96. The third-order valence-electron chi connectivity index (χ3n) is 8.07. The first-order valence-corrected chi connectivity index (χ1v) is 14.5. The molecule has 1 heterocycles. The number of unbranched alkanes of at least 4 members (excludes halogenated alkanes) is 1. The standard InChI is InChI=1S/C32H47FN2O5/c1-23(2)30(37)24(21-34-3)20-29(36)35-18-11-12-25(22-35)32(38,17-8-9-19-39-4)27-15-10-16-28(33)31(27)40-26-13-6-5-7-14-26/h5-7,10,13-16,23-25,30,34,37-38H,8-9,11-12,17-22H2,1-4H3/t24-,25-,30+,32+/m1/s1. The molecule has 0 radical (unpaired) electrons. The van der Waals surface area contributed by atoms with Crippen LogP contribution in [0.15, 0.2) is 48.5 Å². The maximum atomic E-state index is 15.3. The highest BCUT2D eigenvalue weighted by Gasteiger charge is 2.43. The Bertz CT molecular complexity index is 1050. The third kappa shape index (κ3) is 8.26. The fourth-order valence-corrected chi connectivity index (χ4v) is 5.83. The zero-order chi connectivity index (χ0) is 29.1. The number of aliphatic hydroxyl groups excluding tert-OH is 1. The van der Waals surface area contributed by atoms with Gasteiger partial charge >= 0.3 is 0 Å². The van der Waals surface area contributed by atoms with Crippen LogP contribution in [0, 0.1) is 23.6 Å². The van der Waals surface area contributed by atoms with Gasteiger partial charge in [-0.1, -0.05) is 44.2 Å². The molecule has 222 valence electrons. The van der Waals surface area contributed by atoms with Crippen LogP contribution in [-0.4, -0.2) is 67.5 Å². The van der Waals surface area contributed by atoms with Gasteiger partial charge in [0.25, 0.3) is 0 Å². The van der Waals surface area contributed by atoms with Gasteiger partial charge in [0.05, 0.1) is 11.7 Å². The molecule has 1 aliphatic heterocycles. The van der Waals surface area contributed by atoms with E-state index in [9.17, 15) is 15.0 Å². The Balaban J connectivity index is 1.90. The molecule has 0 aromatic heterocycles. The van der Waals surface area contributed by atoms with E-state index < -0.39 is 17.5 Å². The Morgan fingerprint density at radius 3 is 2.60 bits per heavy atom. The van der Waals surface area contributed by atoms with Crippen molar-refractivity contribution in [2.75, 3.05) is 40.4 Å². The molecular weight excluding hydrogens is 511 g/mol. The van der Waals surface area contributed by atoms with Crippen LogP contribution in [0.1, 0.15) is 57.9 Å². The second-order valence-electron chi connectivity index (χ2n) is 11.3. The molecule has 1 aliphatic rings. The number of benzene rings is 2. The molecule has 0 spiro atoms. The van der Waals surface area contributed by atoms with Crippen LogP contribution in [0.4, 0.5) is 4.39 Å². The second-order valence-corrected chi connectivity index (χ2v) is 11.3. The molecule has 1 amide bonds. The molecule has 0 aliphatic carbocycles. The summed E-state index contributed by atoms with van der Waals surface area (Å²) < 4.78 is 26.5. The van der Waals surface area contributed by atoms with Crippen molar-refractivity contribution in [3.63, 3.8) is 0 Å². The number of halogens is 1. The molecule has 0 unspecified atom stereocenters. The molecular formula is C32H47FN2O5. The average molecular weight is 559 g/mol. The molecule has 8 heteroatoms. The van der Waals surface area contributed by atoms with Gasteiger partial charge in [0.2, 0.25) is 5.91 Å². The largest absolute Gasteiger partial charge is 0.454 e. The molecule has 2 aromatic carbocycles. The van der Waals surface area contributed by atoms with Gasteiger partial charge in [-0.05, 0) is 63.3 Å². The van der Waals surface area contributed by atoms with Crippen LogP contribution in [0.2, 0.25) is 0 Å². The van der Waals surface area contributed by atoms with E-state index in [0.29, 0.717) is 56.8 Å². The molecule has 40 heavy (non-hydrogen) atoms. The molecule has 3 rings (SSSR count). The highest BCUT2D eigenvalue weighted by molar-refractivity contribution is 5.76. The van der Waals surface area contributed by atoms with Crippen molar-refractivity contribution in [3.8, 4) is 11.5 Å². The van der Waals surface area contributed by atoms with Crippen molar-refractivity contribution in [2.45, 2.75) is 64.1 Å². The Labute approximate surface area is 238 Å². The Morgan fingerprint density at radius 2 is 1.93 bits per heavy atom. The van der Waals surface area contributed by atoms with Gasteiger partial charge in [-0.15, -0.1) is 0 Å². The number of ether oxygens (including phenoxy) is 2. The number of methoxy groups -OCH3 is 1. The van der Waals surface area contributed by atoms with Gasteiger partial charge in [-0.25, -0.2) is 4.39 Å². The van der Waals surface area contributed by atoms with Crippen LogP contribution in [0.3, 0.4) is 0 Å². The predicted molar refractivity (Wildman–Crippen MR) is 155 cm³/mol. The van der Waals surface area contributed by atoms with E-state index in [1.165, 1.54) is 6.07 Å². The summed E-state index contributed by atoms with van der Waals surface area (Å²) in [7, 11) is 3.46. The fourth-order valence-electron chi connectivity index (χ4n) is 5.83. The van der Waals surface area contributed by atoms with Gasteiger partial charge in [-0.2, -0.15) is 0 Å². The van der Waals surface area contributed by atoms with Gasteiger partial charge in [-0.3, -0.25) is 4.79 Å². The third-order valence-corrected chi connectivity index (χ3v) is 8.07. The molecule has 4 atom stereocenters. The summed E-state index contributed by atoms with van der Waals surface area (Å²) in [5, 5.41) is 26.2. The molecule has 3 N–H and O–H groups in total. The summed E-state index contributed by atoms with van der Waals surface area (Å²) in [6.07, 6.45) is 2.84. The number of aliphatic hydroxyl groups is 2. The zero-order valence-corrected chi connectivity index (χ0v) is 24.4. The molecule has 2 aromatic rings. The summed E-state index contributed by atoms with van der Waals surface area (Å²) in [5.74, 6) is -0.570. The number of amides is 1. The van der Waals surface area contributed by atoms with Crippen molar-refractivity contribution in [1.29, 1.82) is 0 Å². The van der Waals surface area contributed by atoms with E-state index in [1.807, 2.05) is 39.1 Å². The van der Waals surface area contributed by atoms with Crippen molar-refractivity contribution in [2.24, 2.45) is 17.8 Å². The van der Waals surface area contributed by atoms with Crippen LogP contribution >= 0.6 is 0 Å². The van der Waals surface area contributed by atoms with E-state index >= 15 is 4.39 Å². The number of hydrogen-bond donors (Lipinski definition) is 3. The summed E-state index contributed by atoms with van der Waals surface area (Å²) in [5.41, 5.74) is -1.02. The minimum Gasteiger partial charge on any atom is -0.454 e. The lowest BCUT2D eigenvalue weighted by molar-refractivity contribution is -0.139. The predicted octanol–water partition coefficient (Wildman–Crippen LogP) is 5.10. The first-order chi connectivity index (χ1) is 19.2. The maximum absolute atomic E-state index is 15.3. The number of carbonyl (C=O) groups is 1. The molecule has 0 saturated carbocycles. The Morgan fingerprint density at radius 1 is 1.18 bits per heavy atom. The fraction of sp³-hybridized carbons (Fsp3) is 0.594. The normalized spacial score (nSPS) is 18.8. The van der Waals surface area contributed by atoms with Crippen molar-refractivity contribution in [3.05, 3.63) is 59.9 Å². The highest BCUT2D eigenvalue weighted by atomic mass is 19.1. The number of hydrogen-bond acceptors (Lipinski definition) is 6. The summed E-state index contributed by atoms with van der Waals surface area (Å²) in [4.78, 5) is 15.3. The Kier molecular flexibility index (Phi) is 12.4. The van der Waals surface area contributed by atoms with Crippen molar-refractivity contribution >= 4 is 5.91 Å². The topological polar surface area (TPSA) is 91.3 Å². The minimum atomic E-state index is -1.42. The molecule has 1 fully saturated rings. The van der Waals surface area contributed by atoms with E-state index in [1.54, 1.807) is 36.3 Å². The quantitative estimate of drug-likeness (QED) is 0.264. The van der Waals surface area contributed by atoms with E-state index in [4.69, 9.17) is 9.47 Å². The number of piperidine rings is 1. The first-order valence-electron chi connectivity index (χ1n) is 14.5. The molecule has 1 saturated heterocycles. The summed E-state index contributed by atoms with van der Waals surface area (Å²) >= 11 is 0.